The van der Waals surface area contributed by atoms with Crippen LogP contribution in [0.1, 0.15) is 39.3 Å². The van der Waals surface area contributed by atoms with Crippen LogP contribution in [0.15, 0.2) is 48.5 Å². The van der Waals surface area contributed by atoms with E-state index in [1.54, 1.807) is 33.8 Å². The molecule has 2 aromatic carbocycles. The molecule has 0 bridgehead atoms. The number of hydrogen-bond donors (Lipinski definition) is 0. The Kier molecular flexibility index (Phi) is 6.77. The number of fused-ring (bicyclic) bond motifs is 1. The van der Waals surface area contributed by atoms with Crippen LogP contribution in [0.4, 0.5) is 5.69 Å². The molecule has 0 aliphatic carbocycles. The Labute approximate surface area is 198 Å². The molecule has 0 saturated heterocycles. The third-order valence-electron chi connectivity index (χ3n) is 6.11. The minimum atomic E-state index is -0.556. The van der Waals surface area contributed by atoms with E-state index in [4.69, 9.17) is 9.47 Å². The second kappa shape index (κ2) is 9.91. The Morgan fingerprint density at radius 1 is 1.03 bits per heavy atom. The number of carbonyl (C=O) groups excluding carboxylic acids is 3. The lowest BCUT2D eigenvalue weighted by molar-refractivity contribution is -0.140. The average molecular weight is 462 g/mol. The first kappa shape index (κ1) is 23.2. The highest BCUT2D eigenvalue weighted by Crippen LogP contribution is 2.27. The number of aromatic nitrogens is 2. The van der Waals surface area contributed by atoms with Crippen LogP contribution in [0.25, 0.3) is 5.69 Å². The van der Waals surface area contributed by atoms with E-state index >= 15 is 0 Å². The van der Waals surface area contributed by atoms with Crippen LogP contribution in [0, 0.1) is 13.8 Å². The lowest BCUT2D eigenvalue weighted by Gasteiger charge is -2.17. The molecule has 1 aliphatic heterocycles. The Morgan fingerprint density at radius 3 is 2.50 bits per heavy atom. The highest BCUT2D eigenvalue weighted by molar-refractivity contribution is 5.98. The van der Waals surface area contributed by atoms with Crippen molar-refractivity contribution < 1.29 is 23.9 Å². The van der Waals surface area contributed by atoms with Gasteiger partial charge in [-0.25, -0.2) is 9.48 Å². The lowest BCUT2D eigenvalue weighted by Crippen LogP contribution is -2.33. The van der Waals surface area contributed by atoms with Gasteiger partial charge >= 0.3 is 11.9 Å². The zero-order valence-electron chi connectivity index (χ0n) is 19.5. The van der Waals surface area contributed by atoms with Gasteiger partial charge in [0.05, 0.1) is 24.1 Å². The number of methoxy groups -OCH3 is 1. The standard InChI is InChI=1S/C26H27N3O5/c1-17-22(12-13-25(31)33-3)18(2)29(27-17)21-10-8-20(9-11-21)26(32)34-16-24(30)28-15-14-19-6-4-5-7-23(19)28/h4-11H,12-16H2,1-3H3. The van der Waals surface area contributed by atoms with Gasteiger partial charge in [-0.2, -0.15) is 5.10 Å². The first-order valence-corrected chi connectivity index (χ1v) is 11.2. The van der Waals surface area contributed by atoms with Crippen LogP contribution in [0.3, 0.4) is 0 Å². The number of nitrogens with zero attached hydrogens (tertiary/aromatic N) is 3. The smallest absolute Gasteiger partial charge is 0.338 e. The van der Waals surface area contributed by atoms with Gasteiger partial charge in [0.2, 0.25) is 0 Å². The fraction of sp³-hybridized carbons (Fsp3) is 0.308. The van der Waals surface area contributed by atoms with Gasteiger partial charge in [-0.3, -0.25) is 9.59 Å². The predicted octanol–water partition coefficient (Wildman–Crippen LogP) is 3.34. The molecule has 1 aliphatic rings. The highest BCUT2D eigenvalue weighted by Gasteiger charge is 2.25. The van der Waals surface area contributed by atoms with Gasteiger partial charge in [-0.15, -0.1) is 0 Å². The zero-order chi connectivity index (χ0) is 24.2. The van der Waals surface area contributed by atoms with Crippen molar-refractivity contribution in [3.05, 3.63) is 76.6 Å². The molecule has 0 saturated carbocycles. The van der Waals surface area contributed by atoms with Crippen LogP contribution < -0.4 is 4.90 Å². The topological polar surface area (TPSA) is 90.7 Å². The van der Waals surface area contributed by atoms with Crippen molar-refractivity contribution in [2.75, 3.05) is 25.2 Å². The third-order valence-corrected chi connectivity index (χ3v) is 6.11. The Bertz CT molecular complexity index is 1230. The normalized spacial score (nSPS) is 12.4. The monoisotopic (exact) mass is 461 g/mol. The number of anilines is 1. The van der Waals surface area contributed by atoms with Gasteiger partial charge in [0.1, 0.15) is 0 Å². The largest absolute Gasteiger partial charge is 0.469 e. The number of carbonyl (C=O) groups is 3. The SMILES string of the molecule is COC(=O)CCc1c(C)nn(-c2ccc(C(=O)OCC(=O)N3CCc4ccccc43)cc2)c1C. The number of rotatable bonds is 7. The summed E-state index contributed by atoms with van der Waals surface area (Å²) in [6, 6.07) is 14.6. The number of esters is 2. The first-order valence-electron chi connectivity index (χ1n) is 11.2. The molecule has 0 radical (unpaired) electrons. The summed E-state index contributed by atoms with van der Waals surface area (Å²) in [6.45, 7) is 4.12. The van der Waals surface area contributed by atoms with Gasteiger partial charge in [-0.1, -0.05) is 18.2 Å². The summed E-state index contributed by atoms with van der Waals surface area (Å²) in [5, 5.41) is 4.58. The molecular weight excluding hydrogens is 434 g/mol. The molecule has 1 aromatic heterocycles. The Hall–Kier alpha value is -3.94. The number of ether oxygens (including phenoxy) is 2. The summed E-state index contributed by atoms with van der Waals surface area (Å²) in [7, 11) is 1.37. The quantitative estimate of drug-likeness (QED) is 0.501. The van der Waals surface area contributed by atoms with E-state index in [9.17, 15) is 14.4 Å². The summed E-state index contributed by atoms with van der Waals surface area (Å²) in [4.78, 5) is 38.2. The molecule has 176 valence electrons. The van der Waals surface area contributed by atoms with Gasteiger partial charge in [0.25, 0.3) is 5.91 Å². The minimum absolute atomic E-state index is 0.239. The lowest BCUT2D eigenvalue weighted by atomic mass is 10.1. The van der Waals surface area contributed by atoms with Crippen LogP contribution >= 0.6 is 0 Å². The molecule has 8 nitrogen and oxygen atoms in total. The van der Waals surface area contributed by atoms with Crippen molar-refractivity contribution in [3.8, 4) is 5.69 Å². The van der Waals surface area contributed by atoms with E-state index < -0.39 is 5.97 Å². The molecule has 0 fully saturated rings. The number of aryl methyl sites for hydroxylation is 1. The van der Waals surface area contributed by atoms with Gasteiger partial charge < -0.3 is 14.4 Å². The number of hydrogen-bond acceptors (Lipinski definition) is 6. The minimum Gasteiger partial charge on any atom is -0.469 e. The second-order valence-corrected chi connectivity index (χ2v) is 8.18. The van der Waals surface area contributed by atoms with Crippen LogP contribution in [0.5, 0.6) is 0 Å². The molecule has 0 spiro atoms. The number of benzene rings is 2. The van der Waals surface area contributed by atoms with Crippen LogP contribution in [-0.2, 0) is 31.9 Å². The molecule has 3 aromatic rings. The summed E-state index contributed by atoms with van der Waals surface area (Å²) in [6.07, 6.45) is 1.63. The first-order chi connectivity index (χ1) is 16.4. The maximum atomic E-state index is 12.6. The third kappa shape index (κ3) is 4.71. The van der Waals surface area contributed by atoms with Crippen molar-refractivity contribution in [1.29, 1.82) is 0 Å². The molecule has 2 heterocycles. The van der Waals surface area contributed by atoms with Crippen LogP contribution in [-0.4, -0.2) is 47.9 Å². The summed E-state index contributed by atoms with van der Waals surface area (Å²) >= 11 is 0. The Morgan fingerprint density at radius 2 is 1.76 bits per heavy atom. The second-order valence-electron chi connectivity index (χ2n) is 8.18. The molecular formula is C26H27N3O5. The molecule has 0 atom stereocenters. The summed E-state index contributed by atoms with van der Waals surface area (Å²) in [5.74, 6) is -1.06. The van der Waals surface area contributed by atoms with E-state index in [2.05, 4.69) is 5.10 Å². The molecule has 8 heteroatoms. The van der Waals surface area contributed by atoms with Crippen molar-refractivity contribution in [1.82, 2.24) is 9.78 Å². The van der Waals surface area contributed by atoms with E-state index in [-0.39, 0.29) is 24.9 Å². The van der Waals surface area contributed by atoms with E-state index in [0.717, 1.165) is 40.3 Å². The highest BCUT2D eigenvalue weighted by atomic mass is 16.5. The average Bonchev–Trinajstić information content (AvgIpc) is 3.41. The van der Waals surface area contributed by atoms with Crippen LogP contribution in [0.2, 0.25) is 0 Å². The maximum absolute atomic E-state index is 12.6. The molecule has 1 amide bonds. The van der Waals surface area contributed by atoms with Gasteiger partial charge in [0.15, 0.2) is 6.61 Å². The predicted molar refractivity (Wildman–Crippen MR) is 126 cm³/mol. The number of para-hydroxylation sites is 1. The summed E-state index contributed by atoms with van der Waals surface area (Å²) < 4.78 is 11.8. The van der Waals surface area contributed by atoms with Crippen molar-refractivity contribution in [3.63, 3.8) is 0 Å². The molecule has 4 rings (SSSR count). The molecule has 0 unspecified atom stereocenters. The number of amides is 1. The molecule has 0 N–H and O–H groups in total. The zero-order valence-corrected chi connectivity index (χ0v) is 19.5. The van der Waals surface area contributed by atoms with E-state index in [1.807, 2.05) is 38.1 Å². The van der Waals surface area contributed by atoms with Crippen molar-refractivity contribution in [2.24, 2.45) is 0 Å². The van der Waals surface area contributed by atoms with Crippen molar-refractivity contribution in [2.45, 2.75) is 33.1 Å². The fourth-order valence-corrected chi connectivity index (χ4v) is 4.24. The van der Waals surface area contributed by atoms with E-state index in [1.165, 1.54) is 7.11 Å². The fourth-order valence-electron chi connectivity index (χ4n) is 4.24. The summed E-state index contributed by atoms with van der Waals surface area (Å²) in [5.41, 5.74) is 5.90. The Balaban J connectivity index is 1.39. The van der Waals surface area contributed by atoms with Crippen molar-refractivity contribution >= 4 is 23.5 Å². The van der Waals surface area contributed by atoms with Gasteiger partial charge in [-0.05, 0) is 68.1 Å². The van der Waals surface area contributed by atoms with E-state index in [0.29, 0.717) is 18.5 Å². The van der Waals surface area contributed by atoms with Gasteiger partial charge in [0, 0.05) is 24.3 Å². The maximum Gasteiger partial charge on any atom is 0.338 e. The molecule has 34 heavy (non-hydrogen) atoms.